The first-order chi connectivity index (χ1) is 10.1. The van der Waals surface area contributed by atoms with Crippen molar-refractivity contribution in [1.82, 2.24) is 4.90 Å². The topological polar surface area (TPSA) is 55.8 Å². The van der Waals surface area contributed by atoms with E-state index in [9.17, 15) is 9.59 Å². The van der Waals surface area contributed by atoms with Gasteiger partial charge in [0.05, 0.1) is 32.2 Å². The Bertz CT molecular complexity index is 626. The van der Waals surface area contributed by atoms with Crippen molar-refractivity contribution < 1.29 is 19.1 Å². The van der Waals surface area contributed by atoms with Crippen LogP contribution in [0.4, 0.5) is 0 Å². The van der Waals surface area contributed by atoms with Gasteiger partial charge in [0, 0.05) is 4.88 Å². The Labute approximate surface area is 126 Å². The molecule has 5 nitrogen and oxygen atoms in total. The minimum absolute atomic E-state index is 0.00866. The molecule has 4 rings (SSSR count). The molecule has 2 bridgehead atoms. The van der Waals surface area contributed by atoms with Crippen LogP contribution in [0.3, 0.4) is 0 Å². The minimum atomic E-state index is -0.641. The molecule has 0 aliphatic carbocycles. The number of carbonyl (C=O) groups is 2. The molecule has 1 amide bonds. The second-order valence-electron chi connectivity index (χ2n) is 5.70. The second kappa shape index (κ2) is 4.42. The zero-order valence-corrected chi connectivity index (χ0v) is 12.3. The standard InChI is InChI=1S/C15H15NO4S/c1-19-14(18)11-10-4-5-15(20-10)8-16(13(17)12(11)15)7-9-3-2-6-21-9/h2-6,10-12H,7-8H2,1H3/t10-,11+,12+,15+/m1/s1. The van der Waals surface area contributed by atoms with Crippen molar-refractivity contribution in [2.24, 2.45) is 11.8 Å². The molecule has 4 heterocycles. The number of ether oxygens (including phenoxy) is 2. The highest BCUT2D eigenvalue weighted by molar-refractivity contribution is 7.09. The first kappa shape index (κ1) is 13.0. The fraction of sp³-hybridized carbons (Fsp3) is 0.467. The van der Waals surface area contributed by atoms with Crippen LogP contribution in [0.1, 0.15) is 4.88 Å². The average Bonchev–Trinajstić information content (AvgIpc) is 3.22. The molecule has 4 atom stereocenters. The van der Waals surface area contributed by atoms with E-state index >= 15 is 0 Å². The summed E-state index contributed by atoms with van der Waals surface area (Å²) in [6.07, 6.45) is 3.52. The average molecular weight is 305 g/mol. The van der Waals surface area contributed by atoms with Gasteiger partial charge in [0.15, 0.2) is 0 Å². The minimum Gasteiger partial charge on any atom is -0.469 e. The Morgan fingerprint density at radius 3 is 3.19 bits per heavy atom. The monoisotopic (exact) mass is 305 g/mol. The Morgan fingerprint density at radius 1 is 1.62 bits per heavy atom. The molecule has 2 fully saturated rings. The van der Waals surface area contributed by atoms with Gasteiger partial charge in [-0.3, -0.25) is 9.59 Å². The molecule has 0 saturated carbocycles. The highest BCUT2D eigenvalue weighted by Crippen LogP contribution is 2.52. The molecule has 0 unspecified atom stereocenters. The maximum Gasteiger partial charge on any atom is 0.312 e. The SMILES string of the molecule is COC(=O)[C@@H]1[C@H]2C(=O)N(Cc3cccs3)C[C@@]23C=C[C@H]1O3. The zero-order valence-electron chi connectivity index (χ0n) is 11.5. The van der Waals surface area contributed by atoms with Crippen LogP contribution >= 0.6 is 11.3 Å². The van der Waals surface area contributed by atoms with Gasteiger partial charge < -0.3 is 14.4 Å². The van der Waals surface area contributed by atoms with Crippen LogP contribution < -0.4 is 0 Å². The molecule has 1 aromatic rings. The first-order valence-corrected chi connectivity index (χ1v) is 7.79. The number of hydrogen-bond acceptors (Lipinski definition) is 5. The smallest absolute Gasteiger partial charge is 0.312 e. The van der Waals surface area contributed by atoms with Crippen molar-refractivity contribution >= 4 is 23.2 Å². The number of esters is 1. The van der Waals surface area contributed by atoms with Gasteiger partial charge in [-0.05, 0) is 11.4 Å². The van der Waals surface area contributed by atoms with Crippen LogP contribution in [0.5, 0.6) is 0 Å². The quantitative estimate of drug-likeness (QED) is 0.622. The number of hydrogen-bond donors (Lipinski definition) is 0. The number of likely N-dealkylation sites (tertiary alicyclic amines) is 1. The van der Waals surface area contributed by atoms with Gasteiger partial charge in [-0.15, -0.1) is 11.3 Å². The highest BCUT2D eigenvalue weighted by atomic mass is 32.1. The predicted octanol–water partition coefficient (Wildman–Crippen LogP) is 1.20. The number of carbonyl (C=O) groups excluding carboxylic acids is 2. The molecule has 0 aromatic carbocycles. The van der Waals surface area contributed by atoms with Crippen molar-refractivity contribution in [3.8, 4) is 0 Å². The number of rotatable bonds is 3. The molecule has 110 valence electrons. The summed E-state index contributed by atoms with van der Waals surface area (Å²) in [5.74, 6) is -1.33. The number of fused-ring (bicyclic) bond motifs is 1. The van der Waals surface area contributed by atoms with Gasteiger partial charge in [-0.2, -0.15) is 0 Å². The van der Waals surface area contributed by atoms with E-state index in [1.807, 2.05) is 29.7 Å². The summed E-state index contributed by atoms with van der Waals surface area (Å²) in [6, 6.07) is 3.98. The van der Waals surface area contributed by atoms with Crippen molar-refractivity contribution in [2.75, 3.05) is 13.7 Å². The van der Waals surface area contributed by atoms with E-state index in [0.717, 1.165) is 4.88 Å². The predicted molar refractivity (Wildman–Crippen MR) is 75.5 cm³/mol. The van der Waals surface area contributed by atoms with Crippen molar-refractivity contribution in [3.05, 3.63) is 34.5 Å². The summed E-state index contributed by atoms with van der Waals surface area (Å²) in [4.78, 5) is 27.7. The van der Waals surface area contributed by atoms with E-state index in [1.165, 1.54) is 7.11 Å². The molecule has 6 heteroatoms. The lowest BCUT2D eigenvalue weighted by molar-refractivity contribution is -0.151. The third-order valence-electron chi connectivity index (χ3n) is 4.58. The number of thiophene rings is 1. The van der Waals surface area contributed by atoms with E-state index in [2.05, 4.69) is 0 Å². The third-order valence-corrected chi connectivity index (χ3v) is 5.44. The van der Waals surface area contributed by atoms with Gasteiger partial charge in [0.25, 0.3) is 0 Å². The Hall–Kier alpha value is -1.66. The van der Waals surface area contributed by atoms with E-state index in [0.29, 0.717) is 13.1 Å². The lowest BCUT2D eigenvalue weighted by Gasteiger charge is -2.22. The van der Waals surface area contributed by atoms with E-state index in [1.54, 1.807) is 16.2 Å². The summed E-state index contributed by atoms with van der Waals surface area (Å²) in [7, 11) is 1.35. The van der Waals surface area contributed by atoms with Crippen molar-refractivity contribution in [1.29, 1.82) is 0 Å². The summed E-state index contributed by atoms with van der Waals surface area (Å²) in [5.41, 5.74) is -0.641. The largest absolute Gasteiger partial charge is 0.469 e. The second-order valence-corrected chi connectivity index (χ2v) is 6.73. The van der Waals surface area contributed by atoms with Crippen LogP contribution in [0, 0.1) is 11.8 Å². The molecule has 0 radical (unpaired) electrons. The van der Waals surface area contributed by atoms with Gasteiger partial charge in [-0.25, -0.2) is 0 Å². The van der Waals surface area contributed by atoms with Gasteiger partial charge in [0.2, 0.25) is 5.91 Å². The molecular formula is C15H15NO4S. The summed E-state index contributed by atoms with van der Waals surface area (Å²) in [5, 5.41) is 1.99. The Balaban J connectivity index is 1.64. The molecular weight excluding hydrogens is 290 g/mol. The number of amides is 1. The Kier molecular flexibility index (Phi) is 2.74. The van der Waals surface area contributed by atoms with E-state index in [4.69, 9.17) is 9.47 Å². The molecule has 3 aliphatic rings. The van der Waals surface area contributed by atoms with Crippen LogP contribution in [0.15, 0.2) is 29.7 Å². The maximum atomic E-state index is 12.7. The van der Waals surface area contributed by atoms with Crippen LogP contribution in [0.25, 0.3) is 0 Å². The Morgan fingerprint density at radius 2 is 2.48 bits per heavy atom. The molecule has 1 spiro atoms. The van der Waals surface area contributed by atoms with Gasteiger partial charge in [0.1, 0.15) is 11.5 Å². The van der Waals surface area contributed by atoms with E-state index < -0.39 is 17.4 Å². The van der Waals surface area contributed by atoms with Crippen LogP contribution in [-0.4, -0.2) is 42.1 Å². The van der Waals surface area contributed by atoms with Crippen LogP contribution in [-0.2, 0) is 25.6 Å². The summed E-state index contributed by atoms with van der Waals surface area (Å²) < 4.78 is 10.8. The molecule has 2 saturated heterocycles. The van der Waals surface area contributed by atoms with Crippen molar-refractivity contribution in [3.63, 3.8) is 0 Å². The van der Waals surface area contributed by atoms with Gasteiger partial charge >= 0.3 is 5.97 Å². The van der Waals surface area contributed by atoms with E-state index in [-0.39, 0.29) is 18.0 Å². The summed E-state index contributed by atoms with van der Waals surface area (Å²) in [6.45, 7) is 1.08. The molecule has 21 heavy (non-hydrogen) atoms. The first-order valence-electron chi connectivity index (χ1n) is 6.91. The maximum absolute atomic E-state index is 12.7. The number of nitrogens with zero attached hydrogens (tertiary/aromatic N) is 1. The van der Waals surface area contributed by atoms with Gasteiger partial charge in [-0.1, -0.05) is 18.2 Å². The lowest BCUT2D eigenvalue weighted by Crippen LogP contribution is -2.39. The highest BCUT2D eigenvalue weighted by Gasteiger charge is 2.67. The fourth-order valence-corrected chi connectivity index (χ4v) is 4.43. The third kappa shape index (κ3) is 1.72. The normalized spacial score (nSPS) is 36.3. The van der Waals surface area contributed by atoms with Crippen LogP contribution in [0.2, 0.25) is 0 Å². The summed E-state index contributed by atoms with van der Waals surface area (Å²) >= 11 is 1.62. The molecule has 3 aliphatic heterocycles. The molecule has 1 aromatic heterocycles. The number of methoxy groups -OCH3 is 1. The fourth-order valence-electron chi connectivity index (χ4n) is 3.71. The zero-order chi connectivity index (χ0) is 14.6. The lowest BCUT2D eigenvalue weighted by atomic mass is 9.77. The van der Waals surface area contributed by atoms with Crippen molar-refractivity contribution in [2.45, 2.75) is 18.2 Å². The molecule has 0 N–H and O–H groups in total.